The predicted molar refractivity (Wildman–Crippen MR) is 88.5 cm³/mol. The van der Waals surface area contributed by atoms with Crippen LogP contribution in [0.25, 0.3) is 0 Å². The molecule has 116 valence electrons. The van der Waals surface area contributed by atoms with Crippen LogP contribution in [0.2, 0.25) is 0 Å². The minimum Gasteiger partial charge on any atom is -0.376 e. The van der Waals surface area contributed by atoms with Crippen molar-refractivity contribution in [2.45, 2.75) is 58.4 Å². The predicted octanol–water partition coefficient (Wildman–Crippen LogP) is 3.75. The van der Waals surface area contributed by atoms with Crippen LogP contribution in [0.3, 0.4) is 0 Å². The number of amides is 1. The van der Waals surface area contributed by atoms with Crippen LogP contribution in [0.5, 0.6) is 0 Å². The molecule has 1 aromatic rings. The first-order chi connectivity index (χ1) is 10.2. The summed E-state index contributed by atoms with van der Waals surface area (Å²) in [6.45, 7) is 4.78. The van der Waals surface area contributed by atoms with Gasteiger partial charge in [-0.1, -0.05) is 45.2 Å². The summed E-state index contributed by atoms with van der Waals surface area (Å²) in [5.41, 5.74) is 2.37. The molecule has 1 aliphatic rings. The average molecular weight is 288 g/mol. The van der Waals surface area contributed by atoms with Gasteiger partial charge in [0.2, 0.25) is 5.91 Å². The number of hydrogen-bond acceptors (Lipinski definition) is 2. The number of hydrogen-bond donors (Lipinski definition) is 2. The lowest BCUT2D eigenvalue weighted by molar-refractivity contribution is -0.120. The number of benzene rings is 1. The summed E-state index contributed by atoms with van der Waals surface area (Å²) in [7, 11) is 0. The smallest absolute Gasteiger partial charge is 0.239 e. The molecule has 0 saturated heterocycles. The Labute approximate surface area is 128 Å². The summed E-state index contributed by atoms with van der Waals surface area (Å²) >= 11 is 0. The van der Waals surface area contributed by atoms with Crippen LogP contribution in [0, 0.1) is 5.92 Å². The van der Waals surface area contributed by atoms with Crippen molar-refractivity contribution in [3.8, 4) is 0 Å². The van der Waals surface area contributed by atoms with Crippen LogP contribution >= 0.6 is 0 Å². The lowest BCUT2D eigenvalue weighted by Gasteiger charge is -2.29. The Balaban J connectivity index is 1.75. The van der Waals surface area contributed by atoms with Gasteiger partial charge in [-0.15, -0.1) is 0 Å². The quantitative estimate of drug-likeness (QED) is 0.837. The molecular formula is C18H28N2O. The normalized spacial score (nSPS) is 21.8. The second kappa shape index (κ2) is 8.06. The van der Waals surface area contributed by atoms with Crippen LogP contribution in [0.15, 0.2) is 24.3 Å². The van der Waals surface area contributed by atoms with Crippen LogP contribution in [-0.2, 0) is 11.2 Å². The Morgan fingerprint density at radius 2 is 1.90 bits per heavy atom. The third-order valence-electron chi connectivity index (χ3n) is 4.40. The van der Waals surface area contributed by atoms with Crippen LogP contribution in [0.4, 0.5) is 5.69 Å². The number of carbonyl (C=O) groups is 1. The van der Waals surface area contributed by atoms with E-state index in [2.05, 4.69) is 48.7 Å². The minimum atomic E-state index is 0.103. The van der Waals surface area contributed by atoms with E-state index >= 15 is 0 Å². The van der Waals surface area contributed by atoms with Gasteiger partial charge >= 0.3 is 0 Å². The molecule has 1 fully saturated rings. The van der Waals surface area contributed by atoms with Crippen LogP contribution in [-0.4, -0.2) is 18.5 Å². The van der Waals surface area contributed by atoms with Crippen molar-refractivity contribution >= 4 is 11.6 Å². The van der Waals surface area contributed by atoms with Crippen molar-refractivity contribution in [2.75, 3.05) is 11.9 Å². The van der Waals surface area contributed by atoms with Crippen molar-refractivity contribution < 1.29 is 4.79 Å². The van der Waals surface area contributed by atoms with Gasteiger partial charge in [-0.2, -0.15) is 0 Å². The van der Waals surface area contributed by atoms with E-state index in [9.17, 15) is 4.79 Å². The molecule has 1 amide bonds. The zero-order chi connectivity index (χ0) is 15.1. The van der Waals surface area contributed by atoms with Gasteiger partial charge in [0.1, 0.15) is 0 Å². The maximum Gasteiger partial charge on any atom is 0.239 e. The SMILES string of the molecule is CCCc1ccc(NCC(=O)NC2CCCCC2C)cc1. The Bertz CT molecular complexity index is 441. The Morgan fingerprint density at radius 3 is 2.57 bits per heavy atom. The number of carbonyl (C=O) groups excluding carboxylic acids is 1. The van der Waals surface area contributed by atoms with Gasteiger partial charge in [0.05, 0.1) is 6.54 Å². The van der Waals surface area contributed by atoms with E-state index < -0.39 is 0 Å². The lowest BCUT2D eigenvalue weighted by atomic mass is 9.86. The van der Waals surface area contributed by atoms with Gasteiger partial charge in [-0.25, -0.2) is 0 Å². The van der Waals surface area contributed by atoms with Crippen LogP contribution in [0.1, 0.15) is 51.5 Å². The Hall–Kier alpha value is -1.51. The minimum absolute atomic E-state index is 0.103. The summed E-state index contributed by atoms with van der Waals surface area (Å²) < 4.78 is 0. The second-order valence-electron chi connectivity index (χ2n) is 6.24. The number of nitrogens with one attached hydrogen (secondary N) is 2. The van der Waals surface area contributed by atoms with Gasteiger partial charge in [-0.05, 0) is 42.9 Å². The molecule has 2 N–H and O–H groups in total. The molecule has 1 aliphatic carbocycles. The molecule has 1 aromatic carbocycles. The number of aryl methyl sites for hydroxylation is 1. The molecular weight excluding hydrogens is 260 g/mol. The maximum atomic E-state index is 12.0. The molecule has 0 heterocycles. The topological polar surface area (TPSA) is 41.1 Å². The van der Waals surface area contributed by atoms with E-state index in [-0.39, 0.29) is 5.91 Å². The standard InChI is InChI=1S/C18H28N2O/c1-3-6-15-9-11-16(12-10-15)19-13-18(21)20-17-8-5-4-7-14(17)2/h9-12,14,17,19H,3-8,13H2,1-2H3,(H,20,21). The van der Waals surface area contributed by atoms with E-state index in [1.807, 2.05) is 0 Å². The zero-order valence-corrected chi connectivity index (χ0v) is 13.3. The van der Waals surface area contributed by atoms with Gasteiger partial charge in [0, 0.05) is 11.7 Å². The highest BCUT2D eigenvalue weighted by atomic mass is 16.1. The van der Waals surface area contributed by atoms with E-state index in [4.69, 9.17) is 0 Å². The Morgan fingerprint density at radius 1 is 1.19 bits per heavy atom. The molecule has 0 aromatic heterocycles. The van der Waals surface area contributed by atoms with Crippen molar-refractivity contribution in [1.82, 2.24) is 5.32 Å². The molecule has 1 saturated carbocycles. The highest BCUT2D eigenvalue weighted by Gasteiger charge is 2.22. The molecule has 2 atom stereocenters. The summed E-state index contributed by atoms with van der Waals surface area (Å²) in [6.07, 6.45) is 7.17. The molecule has 2 unspecified atom stereocenters. The summed E-state index contributed by atoms with van der Waals surface area (Å²) in [4.78, 5) is 12.0. The highest BCUT2D eigenvalue weighted by Crippen LogP contribution is 2.23. The molecule has 21 heavy (non-hydrogen) atoms. The van der Waals surface area contributed by atoms with Crippen molar-refractivity contribution in [3.63, 3.8) is 0 Å². The van der Waals surface area contributed by atoms with E-state index in [1.54, 1.807) is 0 Å². The van der Waals surface area contributed by atoms with E-state index in [0.29, 0.717) is 18.5 Å². The molecule has 2 rings (SSSR count). The van der Waals surface area contributed by atoms with Crippen molar-refractivity contribution in [3.05, 3.63) is 29.8 Å². The second-order valence-corrected chi connectivity index (χ2v) is 6.24. The number of rotatable bonds is 6. The van der Waals surface area contributed by atoms with Gasteiger partial charge in [0.15, 0.2) is 0 Å². The third-order valence-corrected chi connectivity index (χ3v) is 4.40. The van der Waals surface area contributed by atoms with Gasteiger partial charge in [0.25, 0.3) is 0 Å². The number of anilines is 1. The largest absolute Gasteiger partial charge is 0.376 e. The molecule has 3 heteroatoms. The average Bonchev–Trinajstić information content (AvgIpc) is 2.49. The highest BCUT2D eigenvalue weighted by molar-refractivity contribution is 5.81. The molecule has 0 radical (unpaired) electrons. The zero-order valence-electron chi connectivity index (χ0n) is 13.3. The van der Waals surface area contributed by atoms with E-state index in [0.717, 1.165) is 24.9 Å². The molecule has 0 spiro atoms. The monoisotopic (exact) mass is 288 g/mol. The lowest BCUT2D eigenvalue weighted by Crippen LogP contribution is -2.43. The van der Waals surface area contributed by atoms with Crippen molar-refractivity contribution in [1.29, 1.82) is 0 Å². The summed E-state index contributed by atoms with van der Waals surface area (Å²) in [5, 5.41) is 6.38. The third kappa shape index (κ3) is 5.07. The van der Waals surface area contributed by atoms with Crippen LogP contribution < -0.4 is 10.6 Å². The van der Waals surface area contributed by atoms with Crippen molar-refractivity contribution in [2.24, 2.45) is 5.92 Å². The molecule has 0 aliphatic heterocycles. The fraction of sp³-hybridized carbons (Fsp3) is 0.611. The summed E-state index contributed by atoms with van der Waals surface area (Å²) in [5.74, 6) is 0.711. The van der Waals surface area contributed by atoms with E-state index in [1.165, 1.54) is 24.8 Å². The summed E-state index contributed by atoms with van der Waals surface area (Å²) in [6, 6.07) is 8.74. The Kier molecular flexibility index (Phi) is 6.09. The fourth-order valence-electron chi connectivity index (χ4n) is 3.05. The first kappa shape index (κ1) is 15.9. The van der Waals surface area contributed by atoms with Gasteiger partial charge in [-0.3, -0.25) is 4.79 Å². The maximum absolute atomic E-state index is 12.0. The molecule has 3 nitrogen and oxygen atoms in total. The first-order valence-corrected chi connectivity index (χ1v) is 8.31. The first-order valence-electron chi connectivity index (χ1n) is 8.31. The fourth-order valence-corrected chi connectivity index (χ4v) is 3.05. The molecule has 0 bridgehead atoms. The van der Waals surface area contributed by atoms with Gasteiger partial charge < -0.3 is 10.6 Å².